The number of aromatic nitrogens is 2. The number of halogens is 1. The van der Waals surface area contributed by atoms with Gasteiger partial charge in [0, 0.05) is 42.4 Å². The summed E-state index contributed by atoms with van der Waals surface area (Å²) in [5, 5.41) is 11.9. The minimum Gasteiger partial charge on any atom is -0.361 e. The van der Waals surface area contributed by atoms with Crippen molar-refractivity contribution < 1.29 is 4.52 Å². The monoisotopic (exact) mass is 491 g/mol. The minimum atomic E-state index is 0. The molecule has 0 aromatic carbocycles. The Morgan fingerprint density at radius 2 is 1.92 bits per heavy atom. The van der Waals surface area contributed by atoms with Crippen LogP contribution in [0.3, 0.4) is 0 Å². The van der Waals surface area contributed by atoms with E-state index in [1.165, 1.54) is 9.88 Å². The molecule has 26 heavy (non-hydrogen) atoms. The van der Waals surface area contributed by atoms with E-state index in [9.17, 15) is 0 Å². The molecule has 0 aliphatic heterocycles. The molecule has 8 heteroatoms. The van der Waals surface area contributed by atoms with Crippen molar-refractivity contribution in [2.45, 2.75) is 53.9 Å². The maximum Gasteiger partial charge on any atom is 0.191 e. The lowest BCUT2D eigenvalue weighted by Gasteiger charge is -2.13. The average Bonchev–Trinajstić information content (AvgIpc) is 3.06. The lowest BCUT2D eigenvalue weighted by atomic mass is 10.00. The van der Waals surface area contributed by atoms with Crippen molar-refractivity contribution >= 4 is 41.3 Å². The van der Waals surface area contributed by atoms with Gasteiger partial charge in [-0.15, -0.1) is 35.3 Å². The summed E-state index contributed by atoms with van der Waals surface area (Å²) in [6.45, 7) is 14.7. The van der Waals surface area contributed by atoms with Crippen molar-refractivity contribution in [3.8, 4) is 0 Å². The molecular weight excluding hydrogens is 461 g/mol. The summed E-state index contributed by atoms with van der Waals surface area (Å²) in [6.07, 6.45) is 0.906. The van der Waals surface area contributed by atoms with Crippen molar-refractivity contribution in [3.63, 3.8) is 0 Å². The van der Waals surface area contributed by atoms with Gasteiger partial charge in [0.15, 0.2) is 5.96 Å². The third kappa shape index (κ3) is 6.22. The van der Waals surface area contributed by atoms with Crippen LogP contribution in [0.1, 0.15) is 52.4 Å². The fourth-order valence-electron chi connectivity index (χ4n) is 2.79. The molecule has 0 bridgehead atoms. The number of hydrogen-bond donors (Lipinski definition) is 2. The first kappa shape index (κ1) is 22.9. The van der Waals surface area contributed by atoms with Gasteiger partial charge in [-0.2, -0.15) is 0 Å². The van der Waals surface area contributed by atoms with Crippen LogP contribution >= 0.6 is 35.3 Å². The lowest BCUT2D eigenvalue weighted by molar-refractivity contribution is 0.391. The van der Waals surface area contributed by atoms with Gasteiger partial charge in [0.25, 0.3) is 0 Å². The van der Waals surface area contributed by atoms with Gasteiger partial charge in [0.1, 0.15) is 5.76 Å². The maximum absolute atomic E-state index is 5.26. The minimum absolute atomic E-state index is 0. The molecule has 0 amide bonds. The standard InChI is InChI=1S/C18H29N5OS.HI/c1-7-19-18(20-9-8-16-22-12(3)15(6)25-16)21-10-11(2)17-13(4)23-24-14(17)5;/h11H,7-10H2,1-6H3,(H2,19,20,21);1H. The molecule has 2 rings (SSSR count). The number of aliphatic imine (C=N–C) groups is 1. The number of guanidine groups is 1. The molecular formula is C18H30IN5OS. The first-order valence-corrected chi connectivity index (χ1v) is 9.61. The van der Waals surface area contributed by atoms with Crippen LogP contribution in [0.15, 0.2) is 9.52 Å². The Hall–Kier alpha value is -1.16. The summed E-state index contributed by atoms with van der Waals surface area (Å²) in [4.78, 5) is 10.6. The Kier molecular flexibility index (Phi) is 9.56. The van der Waals surface area contributed by atoms with E-state index in [1.54, 1.807) is 11.3 Å². The van der Waals surface area contributed by atoms with Crippen molar-refractivity contribution in [2.24, 2.45) is 4.99 Å². The van der Waals surface area contributed by atoms with Crippen LogP contribution in [0.5, 0.6) is 0 Å². The zero-order chi connectivity index (χ0) is 18.4. The van der Waals surface area contributed by atoms with Gasteiger partial charge in [-0.3, -0.25) is 4.99 Å². The van der Waals surface area contributed by atoms with Crippen LogP contribution in [-0.4, -0.2) is 35.7 Å². The van der Waals surface area contributed by atoms with E-state index in [1.807, 2.05) is 13.8 Å². The predicted octanol–water partition coefficient (Wildman–Crippen LogP) is 3.88. The van der Waals surface area contributed by atoms with E-state index in [-0.39, 0.29) is 29.9 Å². The maximum atomic E-state index is 5.26. The molecule has 6 nitrogen and oxygen atoms in total. The largest absolute Gasteiger partial charge is 0.361 e. The molecule has 0 aliphatic rings. The number of thiazole rings is 1. The number of aryl methyl sites for hydroxylation is 4. The molecule has 146 valence electrons. The van der Waals surface area contributed by atoms with E-state index >= 15 is 0 Å². The van der Waals surface area contributed by atoms with E-state index < -0.39 is 0 Å². The van der Waals surface area contributed by atoms with Gasteiger partial charge in [0.05, 0.1) is 16.4 Å². The van der Waals surface area contributed by atoms with Crippen LogP contribution in [0, 0.1) is 27.7 Å². The Bertz CT molecular complexity index is 686. The first-order chi connectivity index (χ1) is 11.9. The topological polar surface area (TPSA) is 75.3 Å². The second kappa shape index (κ2) is 10.9. The Morgan fingerprint density at radius 1 is 1.19 bits per heavy atom. The van der Waals surface area contributed by atoms with Crippen molar-refractivity contribution in [3.05, 3.63) is 32.6 Å². The number of hydrogen-bond acceptors (Lipinski definition) is 5. The van der Waals surface area contributed by atoms with Crippen LogP contribution in [0.4, 0.5) is 0 Å². The molecule has 0 radical (unpaired) electrons. The molecule has 1 atom stereocenters. The normalized spacial score (nSPS) is 12.6. The van der Waals surface area contributed by atoms with Gasteiger partial charge >= 0.3 is 0 Å². The highest BCUT2D eigenvalue weighted by molar-refractivity contribution is 14.0. The Labute approximate surface area is 177 Å². The highest BCUT2D eigenvalue weighted by Gasteiger charge is 2.16. The summed E-state index contributed by atoms with van der Waals surface area (Å²) < 4.78 is 5.26. The number of rotatable bonds is 7. The first-order valence-electron chi connectivity index (χ1n) is 8.80. The van der Waals surface area contributed by atoms with Crippen LogP contribution in [-0.2, 0) is 6.42 Å². The molecule has 0 saturated carbocycles. The van der Waals surface area contributed by atoms with Crippen LogP contribution in [0.2, 0.25) is 0 Å². The fraction of sp³-hybridized carbons (Fsp3) is 0.611. The Morgan fingerprint density at radius 3 is 2.46 bits per heavy atom. The SMILES string of the molecule is CCNC(=NCC(C)c1c(C)noc1C)NCCc1nc(C)c(C)s1.I. The van der Waals surface area contributed by atoms with Crippen molar-refractivity contribution in [2.75, 3.05) is 19.6 Å². The highest BCUT2D eigenvalue weighted by atomic mass is 127. The quantitative estimate of drug-likeness (QED) is 0.349. The molecule has 2 aromatic rings. The van der Waals surface area contributed by atoms with Gasteiger partial charge in [-0.1, -0.05) is 12.1 Å². The molecule has 2 heterocycles. The molecule has 2 N–H and O–H groups in total. The lowest BCUT2D eigenvalue weighted by Crippen LogP contribution is -2.38. The van der Waals surface area contributed by atoms with Crippen LogP contribution < -0.4 is 10.6 Å². The zero-order valence-electron chi connectivity index (χ0n) is 16.5. The summed E-state index contributed by atoms with van der Waals surface area (Å²) in [5.41, 5.74) is 3.25. The van der Waals surface area contributed by atoms with Gasteiger partial charge in [0.2, 0.25) is 0 Å². The average molecular weight is 491 g/mol. The number of nitrogens with zero attached hydrogens (tertiary/aromatic N) is 3. The van der Waals surface area contributed by atoms with Crippen molar-refractivity contribution in [1.82, 2.24) is 20.8 Å². The van der Waals surface area contributed by atoms with Gasteiger partial charge in [-0.05, 0) is 34.6 Å². The van der Waals surface area contributed by atoms with E-state index in [0.29, 0.717) is 6.54 Å². The Balaban J connectivity index is 0.00000338. The summed E-state index contributed by atoms with van der Waals surface area (Å²) in [6, 6.07) is 0. The second-order valence-corrected chi connectivity index (χ2v) is 7.57. The second-order valence-electron chi connectivity index (χ2n) is 6.28. The predicted molar refractivity (Wildman–Crippen MR) is 119 cm³/mol. The summed E-state index contributed by atoms with van der Waals surface area (Å²) >= 11 is 1.77. The number of nitrogens with one attached hydrogen (secondary N) is 2. The molecule has 2 aromatic heterocycles. The zero-order valence-corrected chi connectivity index (χ0v) is 19.6. The van der Waals surface area contributed by atoms with Gasteiger partial charge in [-0.25, -0.2) is 4.98 Å². The van der Waals surface area contributed by atoms with E-state index in [0.717, 1.165) is 48.2 Å². The van der Waals surface area contributed by atoms with E-state index in [2.05, 4.69) is 48.5 Å². The molecule has 0 fully saturated rings. The fourth-order valence-corrected chi connectivity index (χ4v) is 3.72. The van der Waals surface area contributed by atoms with Gasteiger partial charge < -0.3 is 15.2 Å². The molecule has 1 unspecified atom stereocenters. The molecule has 0 aliphatic carbocycles. The summed E-state index contributed by atoms with van der Waals surface area (Å²) in [5.74, 6) is 1.99. The van der Waals surface area contributed by atoms with E-state index in [4.69, 9.17) is 9.52 Å². The smallest absolute Gasteiger partial charge is 0.191 e. The molecule has 0 saturated heterocycles. The summed E-state index contributed by atoms with van der Waals surface area (Å²) in [7, 11) is 0. The third-order valence-electron chi connectivity index (χ3n) is 4.15. The molecule has 0 spiro atoms. The third-order valence-corrected chi connectivity index (χ3v) is 5.29. The highest BCUT2D eigenvalue weighted by Crippen LogP contribution is 2.23. The van der Waals surface area contributed by atoms with Crippen molar-refractivity contribution in [1.29, 1.82) is 0 Å². The van der Waals surface area contributed by atoms with Crippen LogP contribution in [0.25, 0.3) is 0 Å².